The lowest BCUT2D eigenvalue weighted by atomic mass is 9.98. The summed E-state index contributed by atoms with van der Waals surface area (Å²) in [5.41, 5.74) is 3.27. The Hall–Kier alpha value is -1.40. The van der Waals surface area contributed by atoms with Crippen LogP contribution in [0.5, 0.6) is 5.75 Å². The highest BCUT2D eigenvalue weighted by atomic mass is 16.5. The van der Waals surface area contributed by atoms with Gasteiger partial charge in [-0.3, -0.25) is 0 Å². The van der Waals surface area contributed by atoms with Gasteiger partial charge in [-0.2, -0.15) is 0 Å². The maximum Gasteiger partial charge on any atom is 0.118 e. The fourth-order valence-electron chi connectivity index (χ4n) is 1.59. The van der Waals surface area contributed by atoms with Gasteiger partial charge in [0.15, 0.2) is 0 Å². The van der Waals surface area contributed by atoms with Crippen LogP contribution in [-0.2, 0) is 6.42 Å². The van der Waals surface area contributed by atoms with E-state index < -0.39 is 12.2 Å². The van der Waals surface area contributed by atoms with Crippen LogP contribution in [-0.4, -0.2) is 41.3 Å². The highest BCUT2D eigenvalue weighted by Gasteiger charge is 2.18. The van der Waals surface area contributed by atoms with Gasteiger partial charge in [0.1, 0.15) is 11.9 Å². The molecule has 0 fully saturated rings. The molecule has 4 N–H and O–H groups in total. The van der Waals surface area contributed by atoms with Crippen LogP contribution < -0.4 is 10.2 Å². The number of hydroxylamine groups is 1. The predicted molar refractivity (Wildman–Crippen MR) is 67.6 cm³/mol. The van der Waals surface area contributed by atoms with Gasteiger partial charge in [0, 0.05) is 6.54 Å². The summed E-state index contributed by atoms with van der Waals surface area (Å²) < 4.78 is 5.04. The third-order valence-electron chi connectivity index (χ3n) is 2.67. The fraction of sp³-hybridized carbons (Fsp3) is 0.385. The molecule has 5 nitrogen and oxygen atoms in total. The Bertz CT molecular complexity index is 377. The number of nitrogens with one attached hydrogen (secondary N) is 1. The Morgan fingerprint density at radius 3 is 2.44 bits per heavy atom. The number of aliphatic hydroxyl groups is 2. The van der Waals surface area contributed by atoms with E-state index in [2.05, 4.69) is 6.58 Å². The van der Waals surface area contributed by atoms with Gasteiger partial charge in [0.25, 0.3) is 0 Å². The topological polar surface area (TPSA) is 82.0 Å². The lowest BCUT2D eigenvalue weighted by Crippen LogP contribution is -2.36. The summed E-state index contributed by atoms with van der Waals surface area (Å²) in [6, 6.07) is 7.38. The van der Waals surface area contributed by atoms with Gasteiger partial charge in [-0.05, 0) is 29.7 Å². The molecule has 0 bridgehead atoms. The molecule has 0 amide bonds. The molecule has 0 unspecified atom stereocenters. The average molecular weight is 253 g/mol. The number of benzene rings is 1. The van der Waals surface area contributed by atoms with Gasteiger partial charge in [-0.15, -0.1) is 0 Å². The molecule has 0 spiro atoms. The second-order valence-corrected chi connectivity index (χ2v) is 4.06. The van der Waals surface area contributed by atoms with Crippen LogP contribution in [0.15, 0.2) is 36.4 Å². The minimum absolute atomic E-state index is 0.108. The van der Waals surface area contributed by atoms with E-state index >= 15 is 0 Å². The summed E-state index contributed by atoms with van der Waals surface area (Å²) in [7, 11) is 1.59. The van der Waals surface area contributed by atoms with Crippen molar-refractivity contribution in [3.8, 4) is 5.75 Å². The van der Waals surface area contributed by atoms with Crippen LogP contribution >= 0.6 is 0 Å². The van der Waals surface area contributed by atoms with Crippen LogP contribution in [0, 0.1) is 0 Å². The second-order valence-electron chi connectivity index (χ2n) is 4.06. The average Bonchev–Trinajstić information content (AvgIpc) is 2.39. The highest BCUT2D eigenvalue weighted by molar-refractivity contribution is 5.30. The van der Waals surface area contributed by atoms with Crippen LogP contribution in [0.1, 0.15) is 5.56 Å². The third-order valence-corrected chi connectivity index (χ3v) is 2.67. The van der Waals surface area contributed by atoms with Gasteiger partial charge in [0.05, 0.1) is 13.2 Å². The monoisotopic (exact) mass is 253 g/mol. The van der Waals surface area contributed by atoms with Gasteiger partial charge in [-0.25, -0.2) is 5.48 Å². The van der Waals surface area contributed by atoms with Gasteiger partial charge in [0.2, 0.25) is 0 Å². The summed E-state index contributed by atoms with van der Waals surface area (Å²) in [6.45, 7) is 3.64. The zero-order valence-electron chi connectivity index (χ0n) is 10.3. The smallest absolute Gasteiger partial charge is 0.118 e. The van der Waals surface area contributed by atoms with Crippen molar-refractivity contribution in [3.05, 3.63) is 42.0 Å². The molecule has 0 aliphatic rings. The molecule has 1 rings (SSSR count). The van der Waals surface area contributed by atoms with Crippen molar-refractivity contribution in [1.29, 1.82) is 0 Å². The van der Waals surface area contributed by atoms with Crippen molar-refractivity contribution in [2.24, 2.45) is 0 Å². The normalized spacial score (nSPS) is 14.0. The van der Waals surface area contributed by atoms with Crippen molar-refractivity contribution in [2.45, 2.75) is 18.6 Å². The van der Waals surface area contributed by atoms with Crippen molar-refractivity contribution >= 4 is 0 Å². The predicted octanol–water partition coefficient (Wildman–Crippen LogP) is 0.494. The first kappa shape index (κ1) is 14.7. The number of methoxy groups -OCH3 is 1. The molecule has 1 aromatic carbocycles. The van der Waals surface area contributed by atoms with Gasteiger partial charge >= 0.3 is 0 Å². The van der Waals surface area contributed by atoms with Gasteiger partial charge < -0.3 is 20.2 Å². The molecular formula is C13H19NO4. The minimum atomic E-state index is -1.08. The Kier molecular flexibility index (Phi) is 5.80. The zero-order valence-corrected chi connectivity index (χ0v) is 10.3. The number of aliphatic hydroxyl groups excluding tert-OH is 2. The fourth-order valence-corrected chi connectivity index (χ4v) is 1.59. The maximum atomic E-state index is 9.75. The molecule has 2 atom stereocenters. The van der Waals surface area contributed by atoms with Crippen LogP contribution in [0.3, 0.4) is 0 Å². The molecule has 0 radical (unpaired) electrons. The van der Waals surface area contributed by atoms with E-state index in [1.807, 2.05) is 29.7 Å². The third kappa shape index (κ3) is 4.12. The Balaban J connectivity index is 2.57. The molecule has 0 aromatic heterocycles. The number of hydrogen-bond donors (Lipinski definition) is 4. The standard InChI is InChI=1S/C13H19NO4/c1-9(13(16)12(15)8-14-17)7-10-3-5-11(18-2)6-4-10/h3-6,12-17H,1,7-8H2,2H3/t12-,13-/m0/s1. The van der Waals surface area contributed by atoms with E-state index in [-0.39, 0.29) is 6.54 Å². The molecular weight excluding hydrogens is 234 g/mol. The summed E-state index contributed by atoms with van der Waals surface area (Å²) in [6.07, 6.45) is -1.71. The Morgan fingerprint density at radius 1 is 1.33 bits per heavy atom. The first-order chi connectivity index (χ1) is 8.58. The van der Waals surface area contributed by atoms with Crippen molar-refractivity contribution in [2.75, 3.05) is 13.7 Å². The molecule has 18 heavy (non-hydrogen) atoms. The summed E-state index contributed by atoms with van der Waals surface area (Å²) in [5, 5.41) is 27.7. The van der Waals surface area contributed by atoms with Crippen molar-refractivity contribution in [1.82, 2.24) is 5.48 Å². The minimum Gasteiger partial charge on any atom is -0.497 e. The lowest BCUT2D eigenvalue weighted by molar-refractivity contribution is 0.0144. The number of hydrogen-bond acceptors (Lipinski definition) is 5. The maximum absolute atomic E-state index is 9.75. The van der Waals surface area contributed by atoms with Crippen molar-refractivity contribution in [3.63, 3.8) is 0 Å². The van der Waals surface area contributed by atoms with E-state index in [1.54, 1.807) is 7.11 Å². The van der Waals surface area contributed by atoms with E-state index in [0.29, 0.717) is 12.0 Å². The van der Waals surface area contributed by atoms with Crippen LogP contribution in [0.2, 0.25) is 0 Å². The van der Waals surface area contributed by atoms with E-state index in [9.17, 15) is 10.2 Å². The van der Waals surface area contributed by atoms with Gasteiger partial charge in [-0.1, -0.05) is 18.7 Å². The first-order valence-corrected chi connectivity index (χ1v) is 5.62. The van der Waals surface area contributed by atoms with E-state index in [4.69, 9.17) is 9.94 Å². The zero-order chi connectivity index (χ0) is 13.5. The van der Waals surface area contributed by atoms with Crippen molar-refractivity contribution < 1.29 is 20.2 Å². The van der Waals surface area contributed by atoms with Crippen LogP contribution in [0.25, 0.3) is 0 Å². The molecule has 5 heteroatoms. The quantitative estimate of drug-likeness (QED) is 0.420. The van der Waals surface area contributed by atoms with Crippen LogP contribution in [0.4, 0.5) is 0 Å². The first-order valence-electron chi connectivity index (χ1n) is 5.62. The molecule has 1 aromatic rings. The molecule has 0 aliphatic heterocycles. The Labute approximate surface area is 106 Å². The molecule has 0 aliphatic carbocycles. The second kappa shape index (κ2) is 7.13. The number of ether oxygens (including phenoxy) is 1. The molecule has 0 saturated heterocycles. The summed E-state index contributed by atoms with van der Waals surface area (Å²) >= 11 is 0. The van der Waals surface area contributed by atoms with E-state index in [1.165, 1.54) is 0 Å². The molecule has 0 heterocycles. The SMILES string of the molecule is C=C(Cc1ccc(OC)cc1)[C@H](O)[C@@H](O)CNO. The molecule has 0 saturated carbocycles. The Morgan fingerprint density at radius 2 is 1.94 bits per heavy atom. The molecule has 100 valence electrons. The number of rotatable bonds is 7. The largest absolute Gasteiger partial charge is 0.497 e. The lowest BCUT2D eigenvalue weighted by Gasteiger charge is -2.19. The summed E-state index contributed by atoms with van der Waals surface area (Å²) in [4.78, 5) is 0. The highest BCUT2D eigenvalue weighted by Crippen LogP contribution is 2.16. The van der Waals surface area contributed by atoms with E-state index in [0.717, 1.165) is 11.3 Å². The summed E-state index contributed by atoms with van der Waals surface area (Å²) in [5.74, 6) is 0.759.